The molecule has 25 heavy (non-hydrogen) atoms. The van der Waals surface area contributed by atoms with E-state index >= 15 is 0 Å². The van der Waals surface area contributed by atoms with Crippen LogP contribution in [0, 0.1) is 16.0 Å². The van der Waals surface area contributed by atoms with Gasteiger partial charge < -0.3 is 4.74 Å². The average molecular weight is 370 g/mol. The van der Waals surface area contributed by atoms with Crippen LogP contribution in [0.25, 0.3) is 0 Å². The second-order valence-corrected chi connectivity index (χ2v) is 7.33. The van der Waals surface area contributed by atoms with Crippen molar-refractivity contribution in [3.63, 3.8) is 0 Å². The molecule has 0 radical (unpaired) electrons. The molecule has 10 nitrogen and oxygen atoms in total. The van der Waals surface area contributed by atoms with Crippen molar-refractivity contribution in [2.45, 2.75) is 23.8 Å². The number of benzene rings is 1. The largest absolute Gasteiger partial charge is 0.441 e. The molecule has 0 bridgehead atoms. The van der Waals surface area contributed by atoms with E-state index in [-0.39, 0.29) is 29.0 Å². The number of amides is 2. The lowest BCUT2D eigenvalue weighted by Crippen LogP contribution is -2.34. The van der Waals surface area contributed by atoms with E-state index in [4.69, 9.17) is 8.92 Å². The summed E-state index contributed by atoms with van der Waals surface area (Å²) >= 11 is 0. The number of non-ortho nitro benzene ring substituents is 1. The predicted molar refractivity (Wildman–Crippen MR) is 80.9 cm³/mol. The average Bonchev–Trinajstić information content (AvgIpc) is 3.35. The van der Waals surface area contributed by atoms with Gasteiger partial charge in [-0.25, -0.2) is 9.69 Å². The van der Waals surface area contributed by atoms with E-state index in [9.17, 15) is 28.1 Å². The Morgan fingerprint density at radius 2 is 1.96 bits per heavy atom. The van der Waals surface area contributed by atoms with Gasteiger partial charge in [-0.2, -0.15) is 8.42 Å². The number of ether oxygens (including phenoxy) is 1. The normalized spacial score (nSPS) is 20.4. The smallest absolute Gasteiger partial charge is 0.417 e. The fourth-order valence-electron chi connectivity index (χ4n) is 2.31. The molecule has 0 unspecified atom stereocenters. The Morgan fingerprint density at radius 3 is 2.52 bits per heavy atom. The van der Waals surface area contributed by atoms with Crippen LogP contribution in [0.15, 0.2) is 29.2 Å². The second kappa shape index (κ2) is 6.41. The van der Waals surface area contributed by atoms with E-state index < -0.39 is 33.8 Å². The third-order valence-electron chi connectivity index (χ3n) is 3.81. The summed E-state index contributed by atoms with van der Waals surface area (Å²) in [6.07, 6.45) is -0.224. The molecule has 3 rings (SSSR count). The summed E-state index contributed by atoms with van der Waals surface area (Å²) in [6.45, 7) is -0.510. The minimum Gasteiger partial charge on any atom is -0.441 e. The molecule has 2 aliphatic rings. The topological polar surface area (TPSA) is 133 Å². The Bertz CT molecular complexity index is 816. The zero-order valence-electron chi connectivity index (χ0n) is 12.9. The number of nitrogens with zero attached hydrogens (tertiary/aromatic N) is 2. The first-order chi connectivity index (χ1) is 11.8. The van der Waals surface area contributed by atoms with Crippen molar-refractivity contribution in [1.82, 2.24) is 4.90 Å². The number of hydrogen-bond acceptors (Lipinski definition) is 8. The summed E-state index contributed by atoms with van der Waals surface area (Å²) < 4.78 is 33.9. The Labute approximate surface area is 142 Å². The molecule has 0 N–H and O–H groups in total. The van der Waals surface area contributed by atoms with Crippen LogP contribution in [0.5, 0.6) is 0 Å². The van der Waals surface area contributed by atoms with Gasteiger partial charge in [0.1, 0.15) is 12.7 Å². The minimum atomic E-state index is -4.17. The molecule has 1 aromatic carbocycles. The molecule has 2 fully saturated rings. The summed E-state index contributed by atoms with van der Waals surface area (Å²) in [5.74, 6) is -0.471. The van der Waals surface area contributed by atoms with Gasteiger partial charge >= 0.3 is 6.09 Å². The van der Waals surface area contributed by atoms with Gasteiger partial charge in [-0.1, -0.05) is 0 Å². The van der Waals surface area contributed by atoms with Gasteiger partial charge in [0.25, 0.3) is 15.8 Å². The summed E-state index contributed by atoms with van der Waals surface area (Å²) in [4.78, 5) is 34.2. The molecule has 134 valence electrons. The van der Waals surface area contributed by atoms with Crippen LogP contribution in [0.2, 0.25) is 0 Å². The quantitative estimate of drug-likeness (QED) is 0.412. The van der Waals surface area contributed by atoms with Crippen molar-refractivity contribution in [2.24, 2.45) is 5.92 Å². The Balaban J connectivity index is 1.59. The molecule has 1 aromatic rings. The number of hydrogen-bond donors (Lipinski definition) is 0. The second-order valence-electron chi connectivity index (χ2n) is 5.72. The Hall–Kier alpha value is -2.53. The maximum absolute atomic E-state index is 12.1. The lowest BCUT2D eigenvalue weighted by atomic mass is 10.3. The number of rotatable bonds is 6. The lowest BCUT2D eigenvalue weighted by molar-refractivity contribution is -0.384. The molecular formula is C14H14N2O8S. The van der Waals surface area contributed by atoms with Gasteiger partial charge in [0.15, 0.2) is 0 Å². The van der Waals surface area contributed by atoms with E-state index in [2.05, 4.69) is 0 Å². The summed E-state index contributed by atoms with van der Waals surface area (Å²) in [5, 5.41) is 10.6. The van der Waals surface area contributed by atoms with Gasteiger partial charge in [0.2, 0.25) is 5.91 Å². The first-order valence-corrected chi connectivity index (χ1v) is 8.84. The highest BCUT2D eigenvalue weighted by Crippen LogP contribution is 2.32. The van der Waals surface area contributed by atoms with Crippen molar-refractivity contribution in [3.05, 3.63) is 34.4 Å². The van der Waals surface area contributed by atoms with Gasteiger partial charge in [-0.3, -0.25) is 19.1 Å². The number of cyclic esters (lactones) is 1. The number of carbonyl (C=O) groups excluding carboxylic acids is 2. The molecule has 1 saturated carbocycles. The van der Waals surface area contributed by atoms with E-state index in [0.717, 1.165) is 42.0 Å². The fourth-order valence-corrected chi connectivity index (χ4v) is 3.24. The maximum atomic E-state index is 12.1. The molecule has 1 heterocycles. The Morgan fingerprint density at radius 1 is 1.32 bits per heavy atom. The van der Waals surface area contributed by atoms with Crippen LogP contribution in [0.3, 0.4) is 0 Å². The van der Waals surface area contributed by atoms with Crippen molar-refractivity contribution in [3.8, 4) is 0 Å². The van der Waals surface area contributed by atoms with E-state index in [1.54, 1.807) is 0 Å². The lowest BCUT2D eigenvalue weighted by Gasteiger charge is -2.10. The highest BCUT2D eigenvalue weighted by Gasteiger charge is 2.42. The first kappa shape index (κ1) is 17.3. The van der Waals surface area contributed by atoms with Crippen molar-refractivity contribution in [1.29, 1.82) is 0 Å². The van der Waals surface area contributed by atoms with Gasteiger partial charge in [-0.05, 0) is 25.0 Å². The number of carbonyl (C=O) groups is 2. The van der Waals surface area contributed by atoms with E-state index in [1.165, 1.54) is 0 Å². The first-order valence-electron chi connectivity index (χ1n) is 7.44. The van der Waals surface area contributed by atoms with Crippen LogP contribution in [0.4, 0.5) is 10.5 Å². The molecule has 1 saturated heterocycles. The van der Waals surface area contributed by atoms with Crippen LogP contribution < -0.4 is 0 Å². The summed E-state index contributed by atoms with van der Waals surface area (Å²) in [7, 11) is -4.17. The SMILES string of the molecule is O=C1O[C@H](COS(=O)(=O)c2ccc([N+](=O)[O-])cc2)CN1C(=O)C1CC1. The van der Waals surface area contributed by atoms with Crippen molar-refractivity contribution < 1.29 is 31.9 Å². The minimum absolute atomic E-state index is 0.0655. The van der Waals surface area contributed by atoms with E-state index in [1.807, 2.05) is 0 Å². The monoisotopic (exact) mass is 370 g/mol. The molecule has 2 amide bonds. The number of nitro groups is 1. The molecule has 0 aromatic heterocycles. The molecule has 11 heteroatoms. The molecule has 1 atom stereocenters. The zero-order valence-corrected chi connectivity index (χ0v) is 13.7. The van der Waals surface area contributed by atoms with Crippen LogP contribution in [-0.4, -0.2) is 49.5 Å². The summed E-state index contributed by atoms with van der Waals surface area (Å²) in [6, 6.07) is 4.19. The molecule has 0 spiro atoms. The van der Waals surface area contributed by atoms with Crippen LogP contribution in [0.1, 0.15) is 12.8 Å². The number of nitro benzene ring substituents is 1. The summed E-state index contributed by atoms with van der Waals surface area (Å²) in [5.41, 5.74) is -0.252. The standard InChI is InChI=1S/C14H14N2O8S/c17-13(9-1-2-9)15-7-11(24-14(15)18)8-23-25(21,22)12-5-3-10(4-6-12)16(19)20/h3-6,9,11H,1-2,7-8H2/t11-/m0/s1. The molecular weight excluding hydrogens is 356 g/mol. The van der Waals surface area contributed by atoms with Crippen LogP contribution in [-0.2, 0) is 23.8 Å². The molecule has 1 aliphatic carbocycles. The molecule has 1 aliphatic heterocycles. The Kier molecular flexibility index (Phi) is 4.43. The van der Waals surface area contributed by atoms with Crippen molar-refractivity contribution in [2.75, 3.05) is 13.2 Å². The van der Waals surface area contributed by atoms with Crippen LogP contribution >= 0.6 is 0 Å². The third-order valence-corrected chi connectivity index (χ3v) is 5.11. The third kappa shape index (κ3) is 3.77. The maximum Gasteiger partial charge on any atom is 0.417 e. The highest BCUT2D eigenvalue weighted by molar-refractivity contribution is 7.86. The van der Waals surface area contributed by atoms with Crippen molar-refractivity contribution >= 4 is 27.8 Å². The zero-order chi connectivity index (χ0) is 18.2. The van der Waals surface area contributed by atoms with Gasteiger partial charge in [0, 0.05) is 18.1 Å². The van der Waals surface area contributed by atoms with Gasteiger partial charge in [0.05, 0.1) is 16.4 Å². The highest BCUT2D eigenvalue weighted by atomic mass is 32.2. The van der Waals surface area contributed by atoms with E-state index in [0.29, 0.717) is 0 Å². The van der Waals surface area contributed by atoms with Gasteiger partial charge in [-0.15, -0.1) is 0 Å². The number of imide groups is 1. The predicted octanol–water partition coefficient (Wildman–Crippen LogP) is 1.06. The fraction of sp³-hybridized carbons (Fsp3) is 0.429.